The second-order valence-electron chi connectivity index (χ2n) is 2.26. The van der Waals surface area contributed by atoms with Gasteiger partial charge in [0.05, 0.1) is 6.10 Å². The van der Waals surface area contributed by atoms with E-state index in [2.05, 4.69) is 4.98 Å². The van der Waals surface area contributed by atoms with Crippen LogP contribution in [0.1, 0.15) is 11.7 Å². The predicted molar refractivity (Wildman–Crippen MR) is 42.7 cm³/mol. The molecule has 0 saturated heterocycles. The Morgan fingerprint density at radius 3 is 2.91 bits per heavy atom. The molecule has 0 aliphatic rings. The van der Waals surface area contributed by atoms with Crippen LogP contribution >= 0.6 is 0 Å². The van der Waals surface area contributed by atoms with Gasteiger partial charge < -0.3 is 16.6 Å². The molecule has 1 unspecified atom stereocenters. The Balaban J connectivity index is 2.93. The summed E-state index contributed by atoms with van der Waals surface area (Å²) in [6.45, 7) is 0.163. The van der Waals surface area contributed by atoms with Crippen LogP contribution in [0, 0.1) is 0 Å². The number of hydrogen-bond donors (Lipinski definition) is 3. The fourth-order valence-corrected chi connectivity index (χ4v) is 0.823. The van der Waals surface area contributed by atoms with Gasteiger partial charge in [-0.3, -0.25) is 4.98 Å². The molecule has 0 amide bonds. The van der Waals surface area contributed by atoms with Gasteiger partial charge in [-0.1, -0.05) is 0 Å². The first kappa shape index (κ1) is 7.97. The van der Waals surface area contributed by atoms with Crippen LogP contribution < -0.4 is 11.5 Å². The minimum Gasteiger partial charge on any atom is -0.398 e. The van der Waals surface area contributed by atoms with E-state index in [0.717, 1.165) is 0 Å². The summed E-state index contributed by atoms with van der Waals surface area (Å²) in [6, 6.07) is 1.63. The van der Waals surface area contributed by atoms with Crippen molar-refractivity contribution in [3.8, 4) is 0 Å². The van der Waals surface area contributed by atoms with Crippen LogP contribution in [0.3, 0.4) is 0 Å². The van der Waals surface area contributed by atoms with E-state index in [1.54, 1.807) is 12.3 Å². The quantitative estimate of drug-likeness (QED) is 0.542. The van der Waals surface area contributed by atoms with Gasteiger partial charge in [0.2, 0.25) is 0 Å². The van der Waals surface area contributed by atoms with Gasteiger partial charge in [-0.25, -0.2) is 0 Å². The SMILES string of the molecule is NCC(O)c1cnccc1N. The lowest BCUT2D eigenvalue weighted by molar-refractivity contribution is 0.187. The van der Waals surface area contributed by atoms with Crippen molar-refractivity contribution in [3.05, 3.63) is 24.0 Å². The molecule has 1 rings (SSSR count). The Morgan fingerprint density at radius 1 is 1.64 bits per heavy atom. The van der Waals surface area contributed by atoms with E-state index >= 15 is 0 Å². The molecule has 60 valence electrons. The average molecular weight is 153 g/mol. The first-order valence-electron chi connectivity index (χ1n) is 3.33. The Morgan fingerprint density at radius 2 is 2.36 bits per heavy atom. The van der Waals surface area contributed by atoms with Gasteiger partial charge in [0.1, 0.15) is 0 Å². The maximum Gasteiger partial charge on any atom is 0.0947 e. The summed E-state index contributed by atoms with van der Waals surface area (Å²) in [4.78, 5) is 3.82. The van der Waals surface area contributed by atoms with Gasteiger partial charge in [-0.05, 0) is 6.07 Å². The third-order valence-corrected chi connectivity index (χ3v) is 1.47. The monoisotopic (exact) mass is 153 g/mol. The van der Waals surface area contributed by atoms with E-state index in [4.69, 9.17) is 11.5 Å². The number of nitrogens with two attached hydrogens (primary N) is 2. The van der Waals surface area contributed by atoms with Crippen molar-refractivity contribution in [2.75, 3.05) is 12.3 Å². The fourth-order valence-electron chi connectivity index (χ4n) is 0.823. The van der Waals surface area contributed by atoms with Gasteiger partial charge in [-0.2, -0.15) is 0 Å². The molecule has 0 aliphatic carbocycles. The number of anilines is 1. The molecule has 1 heterocycles. The minimum atomic E-state index is -0.705. The van der Waals surface area contributed by atoms with Crippen LogP contribution in [0.15, 0.2) is 18.5 Å². The number of nitrogens with zero attached hydrogens (tertiary/aromatic N) is 1. The Labute approximate surface area is 64.9 Å². The van der Waals surface area contributed by atoms with E-state index in [1.807, 2.05) is 0 Å². The van der Waals surface area contributed by atoms with Crippen LogP contribution in [-0.4, -0.2) is 16.6 Å². The van der Waals surface area contributed by atoms with E-state index in [0.29, 0.717) is 11.3 Å². The highest BCUT2D eigenvalue weighted by molar-refractivity contribution is 5.45. The highest BCUT2D eigenvalue weighted by atomic mass is 16.3. The van der Waals surface area contributed by atoms with Gasteiger partial charge in [-0.15, -0.1) is 0 Å². The first-order chi connectivity index (χ1) is 5.25. The molecule has 0 fully saturated rings. The molecule has 0 radical (unpaired) electrons. The molecule has 0 saturated carbocycles. The zero-order chi connectivity index (χ0) is 8.27. The minimum absolute atomic E-state index is 0.163. The maximum absolute atomic E-state index is 9.27. The van der Waals surface area contributed by atoms with Crippen molar-refractivity contribution in [2.24, 2.45) is 5.73 Å². The van der Waals surface area contributed by atoms with E-state index in [9.17, 15) is 5.11 Å². The average Bonchev–Trinajstić information content (AvgIpc) is 2.04. The highest BCUT2D eigenvalue weighted by Crippen LogP contribution is 2.16. The molecule has 0 bridgehead atoms. The lowest BCUT2D eigenvalue weighted by Gasteiger charge is -2.08. The largest absolute Gasteiger partial charge is 0.398 e. The van der Waals surface area contributed by atoms with Crippen LogP contribution in [0.2, 0.25) is 0 Å². The third kappa shape index (κ3) is 1.66. The Hall–Kier alpha value is -1.13. The summed E-state index contributed by atoms with van der Waals surface area (Å²) in [5.74, 6) is 0. The van der Waals surface area contributed by atoms with Gasteiger partial charge in [0.25, 0.3) is 0 Å². The van der Waals surface area contributed by atoms with Crippen LogP contribution in [0.4, 0.5) is 5.69 Å². The van der Waals surface area contributed by atoms with Gasteiger partial charge >= 0.3 is 0 Å². The molecule has 11 heavy (non-hydrogen) atoms. The molecule has 0 aliphatic heterocycles. The van der Waals surface area contributed by atoms with E-state index in [-0.39, 0.29) is 6.54 Å². The topological polar surface area (TPSA) is 85.2 Å². The summed E-state index contributed by atoms with van der Waals surface area (Å²) in [6.07, 6.45) is 2.39. The standard InChI is InChI=1S/C7H11N3O/c8-3-7(11)5-4-10-2-1-6(5)9/h1-2,4,7,11H,3,8H2,(H2,9,10). The van der Waals surface area contributed by atoms with Gasteiger partial charge in [0, 0.05) is 30.2 Å². The van der Waals surface area contributed by atoms with Crippen molar-refractivity contribution in [1.29, 1.82) is 0 Å². The summed E-state index contributed by atoms with van der Waals surface area (Å²) < 4.78 is 0. The molecule has 1 atom stereocenters. The highest BCUT2D eigenvalue weighted by Gasteiger charge is 2.07. The Bertz CT molecular complexity index is 239. The normalized spacial score (nSPS) is 12.9. The molecule has 4 nitrogen and oxygen atoms in total. The maximum atomic E-state index is 9.27. The summed E-state index contributed by atoms with van der Waals surface area (Å²) >= 11 is 0. The number of nitrogen functional groups attached to an aromatic ring is 1. The zero-order valence-corrected chi connectivity index (χ0v) is 6.07. The molecular formula is C7H11N3O. The van der Waals surface area contributed by atoms with E-state index in [1.165, 1.54) is 6.20 Å². The molecule has 4 heteroatoms. The number of rotatable bonds is 2. The lowest BCUT2D eigenvalue weighted by atomic mass is 10.1. The lowest BCUT2D eigenvalue weighted by Crippen LogP contribution is -2.13. The molecular weight excluding hydrogens is 142 g/mol. The second-order valence-corrected chi connectivity index (χ2v) is 2.26. The van der Waals surface area contributed by atoms with Gasteiger partial charge in [0.15, 0.2) is 0 Å². The zero-order valence-electron chi connectivity index (χ0n) is 6.07. The number of aliphatic hydroxyl groups excluding tert-OH is 1. The second kappa shape index (κ2) is 3.32. The molecule has 0 aromatic carbocycles. The number of aromatic nitrogens is 1. The third-order valence-electron chi connectivity index (χ3n) is 1.47. The fraction of sp³-hybridized carbons (Fsp3) is 0.286. The van der Waals surface area contributed by atoms with Crippen molar-refractivity contribution in [1.82, 2.24) is 4.98 Å². The summed E-state index contributed by atoms with van der Waals surface area (Å²) in [5.41, 5.74) is 11.9. The predicted octanol–water partition coefficient (Wildman–Crippen LogP) is -0.344. The number of pyridine rings is 1. The molecule has 1 aromatic rings. The van der Waals surface area contributed by atoms with Crippen molar-refractivity contribution in [3.63, 3.8) is 0 Å². The van der Waals surface area contributed by atoms with Crippen LogP contribution in [0.5, 0.6) is 0 Å². The summed E-state index contributed by atoms with van der Waals surface area (Å²) in [7, 11) is 0. The number of aliphatic hydroxyl groups is 1. The Kier molecular flexibility index (Phi) is 2.40. The van der Waals surface area contributed by atoms with Crippen molar-refractivity contribution in [2.45, 2.75) is 6.10 Å². The number of hydrogen-bond acceptors (Lipinski definition) is 4. The summed E-state index contributed by atoms with van der Waals surface area (Å²) in [5, 5.41) is 9.27. The van der Waals surface area contributed by atoms with Crippen LogP contribution in [-0.2, 0) is 0 Å². The molecule has 1 aromatic heterocycles. The van der Waals surface area contributed by atoms with Crippen LogP contribution in [0.25, 0.3) is 0 Å². The first-order valence-corrected chi connectivity index (χ1v) is 3.33. The molecule has 0 spiro atoms. The molecule has 5 N–H and O–H groups in total. The van der Waals surface area contributed by atoms with E-state index < -0.39 is 6.10 Å². The smallest absolute Gasteiger partial charge is 0.0947 e. The van der Waals surface area contributed by atoms with Crippen molar-refractivity contribution < 1.29 is 5.11 Å². The van der Waals surface area contributed by atoms with Crippen molar-refractivity contribution >= 4 is 5.69 Å².